The molecule has 0 saturated carbocycles. The molecule has 0 bridgehead atoms. The highest BCUT2D eigenvalue weighted by atomic mass is 16.4. The van der Waals surface area contributed by atoms with E-state index in [2.05, 4.69) is 19.2 Å². The number of rotatable bonds is 6. The minimum absolute atomic E-state index is 0.0211. The molecule has 1 rings (SSSR count). The summed E-state index contributed by atoms with van der Waals surface area (Å²) >= 11 is 0. The summed E-state index contributed by atoms with van der Waals surface area (Å²) in [6.07, 6.45) is 4.56. The summed E-state index contributed by atoms with van der Waals surface area (Å²) in [4.78, 5) is 25.0. The van der Waals surface area contributed by atoms with Gasteiger partial charge in [-0.3, -0.25) is 4.79 Å². The van der Waals surface area contributed by atoms with Crippen LogP contribution in [0.3, 0.4) is 0 Å². The predicted octanol–water partition coefficient (Wildman–Crippen LogP) is 3.10. The van der Waals surface area contributed by atoms with Gasteiger partial charge in [0.2, 0.25) is 0 Å². The average Bonchev–Trinajstić information content (AvgIpc) is 2.41. The smallest absolute Gasteiger partial charge is 0.317 e. The largest absolute Gasteiger partial charge is 0.481 e. The van der Waals surface area contributed by atoms with Gasteiger partial charge in [0, 0.05) is 18.6 Å². The number of nitrogens with zero attached hydrogens (tertiary/aromatic N) is 1. The molecule has 5 heteroatoms. The molecule has 2 N–H and O–H groups in total. The highest BCUT2D eigenvalue weighted by Crippen LogP contribution is 2.21. The Morgan fingerprint density at radius 1 is 1.24 bits per heavy atom. The number of carboxylic acids is 1. The molecule has 5 nitrogen and oxygen atoms in total. The van der Waals surface area contributed by atoms with Gasteiger partial charge in [-0.25, -0.2) is 4.79 Å². The van der Waals surface area contributed by atoms with E-state index in [1.54, 1.807) is 6.92 Å². The maximum Gasteiger partial charge on any atom is 0.317 e. The Morgan fingerprint density at radius 2 is 1.90 bits per heavy atom. The summed E-state index contributed by atoms with van der Waals surface area (Å²) in [5, 5.41) is 11.9. The number of carbonyl (C=O) groups excluding carboxylic acids is 1. The summed E-state index contributed by atoms with van der Waals surface area (Å²) in [7, 11) is 0. The van der Waals surface area contributed by atoms with Crippen LogP contribution in [0.2, 0.25) is 0 Å². The van der Waals surface area contributed by atoms with Crippen molar-refractivity contribution < 1.29 is 14.7 Å². The Labute approximate surface area is 128 Å². The van der Waals surface area contributed by atoms with Crippen molar-refractivity contribution in [1.29, 1.82) is 0 Å². The molecule has 2 amide bonds. The lowest BCUT2D eigenvalue weighted by molar-refractivity contribution is -0.141. The summed E-state index contributed by atoms with van der Waals surface area (Å²) in [6, 6.07) is 0.413. The molecule has 0 spiro atoms. The summed E-state index contributed by atoms with van der Waals surface area (Å²) in [6.45, 7) is 8.83. The Kier molecular flexibility index (Phi) is 6.99. The van der Waals surface area contributed by atoms with Gasteiger partial charge in [-0.2, -0.15) is 0 Å². The van der Waals surface area contributed by atoms with Crippen LogP contribution in [0.25, 0.3) is 0 Å². The molecule has 0 aromatic rings. The van der Waals surface area contributed by atoms with Crippen LogP contribution in [0.1, 0.15) is 59.8 Å². The summed E-state index contributed by atoms with van der Waals surface area (Å²) in [5.41, 5.74) is 0. The molecule has 4 atom stereocenters. The summed E-state index contributed by atoms with van der Waals surface area (Å²) < 4.78 is 0. The van der Waals surface area contributed by atoms with Gasteiger partial charge in [0.15, 0.2) is 0 Å². The first-order chi connectivity index (χ1) is 9.81. The van der Waals surface area contributed by atoms with E-state index in [4.69, 9.17) is 5.11 Å². The second kappa shape index (κ2) is 8.25. The Balaban J connectivity index is 2.31. The Bertz CT molecular complexity index is 359. The topological polar surface area (TPSA) is 69.6 Å². The molecule has 0 aliphatic carbocycles. The number of piperidine rings is 1. The summed E-state index contributed by atoms with van der Waals surface area (Å²) in [5.74, 6) is -0.489. The highest BCUT2D eigenvalue weighted by Gasteiger charge is 2.27. The van der Waals surface area contributed by atoms with Gasteiger partial charge in [0.05, 0.1) is 5.92 Å². The van der Waals surface area contributed by atoms with Gasteiger partial charge in [-0.15, -0.1) is 0 Å². The fourth-order valence-electron chi connectivity index (χ4n) is 2.79. The van der Waals surface area contributed by atoms with Crippen LogP contribution in [-0.4, -0.2) is 40.6 Å². The van der Waals surface area contributed by atoms with Crippen LogP contribution in [-0.2, 0) is 4.79 Å². The first kappa shape index (κ1) is 17.8. The van der Waals surface area contributed by atoms with Crippen molar-refractivity contribution in [2.45, 2.75) is 71.9 Å². The first-order valence-electron chi connectivity index (χ1n) is 8.11. The van der Waals surface area contributed by atoms with Crippen LogP contribution < -0.4 is 5.32 Å². The minimum Gasteiger partial charge on any atom is -0.481 e. The SMILES string of the molecule is CC1CCC(C)N(C(=O)NC(C)CCCC(C)C(=O)O)C1. The number of carboxylic acid groups (broad SMARTS) is 1. The van der Waals surface area contributed by atoms with Gasteiger partial charge in [-0.05, 0) is 45.4 Å². The molecule has 0 aromatic heterocycles. The molecule has 4 unspecified atom stereocenters. The molecule has 1 aliphatic rings. The molecule has 1 fully saturated rings. The van der Waals surface area contributed by atoms with E-state index in [1.165, 1.54) is 6.42 Å². The zero-order valence-corrected chi connectivity index (χ0v) is 13.8. The number of nitrogens with one attached hydrogen (secondary N) is 1. The van der Waals surface area contributed by atoms with Crippen molar-refractivity contribution in [1.82, 2.24) is 10.2 Å². The fourth-order valence-corrected chi connectivity index (χ4v) is 2.79. The Hall–Kier alpha value is -1.26. The maximum absolute atomic E-state index is 12.3. The van der Waals surface area contributed by atoms with Crippen LogP contribution in [0.5, 0.6) is 0 Å². The van der Waals surface area contributed by atoms with Crippen LogP contribution in [0.15, 0.2) is 0 Å². The monoisotopic (exact) mass is 298 g/mol. The Morgan fingerprint density at radius 3 is 2.52 bits per heavy atom. The van der Waals surface area contributed by atoms with Crippen molar-refractivity contribution in [2.24, 2.45) is 11.8 Å². The van der Waals surface area contributed by atoms with Gasteiger partial charge in [-0.1, -0.05) is 20.3 Å². The van der Waals surface area contributed by atoms with Crippen molar-refractivity contribution in [3.63, 3.8) is 0 Å². The zero-order valence-electron chi connectivity index (χ0n) is 13.8. The van der Waals surface area contributed by atoms with Gasteiger partial charge >= 0.3 is 12.0 Å². The molecule has 0 aromatic carbocycles. The van der Waals surface area contributed by atoms with E-state index in [-0.39, 0.29) is 18.0 Å². The fraction of sp³-hybridized carbons (Fsp3) is 0.875. The third kappa shape index (κ3) is 5.94. The maximum atomic E-state index is 12.3. The van der Waals surface area contributed by atoms with Crippen LogP contribution >= 0.6 is 0 Å². The molecule has 1 heterocycles. The number of urea groups is 1. The normalized spacial score (nSPS) is 25.2. The third-order valence-electron chi connectivity index (χ3n) is 4.44. The van der Waals surface area contributed by atoms with E-state index in [1.807, 2.05) is 11.8 Å². The van der Waals surface area contributed by atoms with E-state index in [9.17, 15) is 9.59 Å². The predicted molar refractivity (Wildman–Crippen MR) is 83.2 cm³/mol. The second-order valence-electron chi connectivity index (χ2n) is 6.70. The van der Waals surface area contributed by atoms with Gasteiger partial charge < -0.3 is 15.3 Å². The molecule has 0 radical (unpaired) electrons. The van der Waals surface area contributed by atoms with Crippen molar-refractivity contribution in [3.8, 4) is 0 Å². The number of carbonyl (C=O) groups is 2. The molecular formula is C16H30N2O3. The number of hydrogen-bond acceptors (Lipinski definition) is 2. The lowest BCUT2D eigenvalue weighted by Gasteiger charge is -2.37. The molecular weight excluding hydrogens is 268 g/mol. The molecule has 1 aliphatic heterocycles. The van der Waals surface area contributed by atoms with Crippen molar-refractivity contribution in [3.05, 3.63) is 0 Å². The quantitative estimate of drug-likeness (QED) is 0.791. The molecule has 122 valence electrons. The zero-order chi connectivity index (χ0) is 16.0. The number of hydrogen-bond donors (Lipinski definition) is 2. The minimum atomic E-state index is -0.747. The van der Waals surface area contributed by atoms with E-state index in [0.29, 0.717) is 18.4 Å². The van der Waals surface area contributed by atoms with Crippen LogP contribution in [0, 0.1) is 11.8 Å². The lowest BCUT2D eigenvalue weighted by atomic mass is 9.95. The highest BCUT2D eigenvalue weighted by molar-refractivity contribution is 5.75. The lowest BCUT2D eigenvalue weighted by Crippen LogP contribution is -2.51. The van der Waals surface area contributed by atoms with Gasteiger partial charge in [0.1, 0.15) is 0 Å². The first-order valence-corrected chi connectivity index (χ1v) is 8.11. The number of likely N-dealkylation sites (tertiary alicyclic amines) is 1. The van der Waals surface area contributed by atoms with Crippen molar-refractivity contribution >= 4 is 12.0 Å². The molecule has 1 saturated heterocycles. The standard InChI is InChI=1S/C16H30N2O3/c1-11-8-9-14(4)18(10-11)16(21)17-13(3)7-5-6-12(2)15(19)20/h11-14H,5-10H2,1-4H3,(H,17,21)(H,19,20). The van der Waals surface area contributed by atoms with Crippen molar-refractivity contribution in [2.75, 3.05) is 6.54 Å². The average molecular weight is 298 g/mol. The second-order valence-corrected chi connectivity index (χ2v) is 6.70. The van der Waals surface area contributed by atoms with E-state index < -0.39 is 5.97 Å². The van der Waals surface area contributed by atoms with E-state index >= 15 is 0 Å². The number of amides is 2. The van der Waals surface area contributed by atoms with Crippen LogP contribution in [0.4, 0.5) is 4.79 Å². The third-order valence-corrected chi connectivity index (χ3v) is 4.44. The molecule has 21 heavy (non-hydrogen) atoms. The van der Waals surface area contributed by atoms with Gasteiger partial charge in [0.25, 0.3) is 0 Å². The van der Waals surface area contributed by atoms with E-state index in [0.717, 1.165) is 25.8 Å². The number of aliphatic carboxylic acids is 1.